The van der Waals surface area contributed by atoms with Gasteiger partial charge < -0.3 is 15.0 Å². The highest BCUT2D eigenvalue weighted by molar-refractivity contribution is 6.33. The van der Waals surface area contributed by atoms with Gasteiger partial charge in [-0.25, -0.2) is 4.98 Å². The number of amides is 1. The summed E-state index contributed by atoms with van der Waals surface area (Å²) in [6.07, 6.45) is 4.08. The van der Waals surface area contributed by atoms with E-state index in [0.29, 0.717) is 29.5 Å². The van der Waals surface area contributed by atoms with Gasteiger partial charge in [-0.3, -0.25) is 4.79 Å². The third-order valence-electron chi connectivity index (χ3n) is 3.76. The second-order valence-electron chi connectivity index (χ2n) is 5.25. The Morgan fingerprint density at radius 1 is 1.50 bits per heavy atom. The van der Waals surface area contributed by atoms with Crippen LogP contribution in [0.15, 0.2) is 12.3 Å². The Morgan fingerprint density at radius 2 is 2.20 bits per heavy atom. The number of aromatic nitrogens is 1. The average Bonchev–Trinajstić information content (AvgIpc) is 2.79. The van der Waals surface area contributed by atoms with Crippen molar-refractivity contribution < 1.29 is 9.53 Å². The van der Waals surface area contributed by atoms with Crippen molar-refractivity contribution in [2.45, 2.75) is 32.0 Å². The summed E-state index contributed by atoms with van der Waals surface area (Å²) in [6.45, 7) is 4.05. The highest BCUT2D eigenvalue weighted by Gasteiger charge is 2.36. The van der Waals surface area contributed by atoms with E-state index >= 15 is 0 Å². The van der Waals surface area contributed by atoms with Crippen LogP contribution in [-0.4, -0.2) is 47.6 Å². The van der Waals surface area contributed by atoms with Crippen LogP contribution >= 0.6 is 11.6 Å². The van der Waals surface area contributed by atoms with Crippen molar-refractivity contribution in [1.82, 2.24) is 9.88 Å². The maximum absolute atomic E-state index is 12.5. The van der Waals surface area contributed by atoms with Crippen LogP contribution in [0.5, 0.6) is 0 Å². The van der Waals surface area contributed by atoms with Crippen LogP contribution in [0.1, 0.15) is 30.1 Å². The molecule has 2 unspecified atom stereocenters. The van der Waals surface area contributed by atoms with E-state index in [2.05, 4.69) is 10.3 Å². The van der Waals surface area contributed by atoms with Crippen LogP contribution in [0.25, 0.3) is 0 Å². The van der Waals surface area contributed by atoms with E-state index in [1.165, 1.54) is 0 Å². The number of nitrogens with zero attached hydrogens (tertiary/aromatic N) is 2. The summed E-state index contributed by atoms with van der Waals surface area (Å²) < 4.78 is 5.74. The van der Waals surface area contributed by atoms with Gasteiger partial charge in [-0.05, 0) is 25.8 Å². The Balaban J connectivity index is 1.75. The molecular weight excluding hydrogens is 278 g/mol. The minimum atomic E-state index is -0.0114. The molecule has 2 fully saturated rings. The number of morpholine rings is 1. The van der Waals surface area contributed by atoms with Gasteiger partial charge in [0.2, 0.25) is 0 Å². The fourth-order valence-corrected chi connectivity index (χ4v) is 3.05. The lowest BCUT2D eigenvalue weighted by Crippen LogP contribution is -2.45. The highest BCUT2D eigenvalue weighted by Crippen LogP contribution is 2.28. The number of likely N-dealkylation sites (tertiary alicyclic amines) is 1. The molecule has 3 heterocycles. The van der Waals surface area contributed by atoms with Crippen molar-refractivity contribution in [3.05, 3.63) is 22.8 Å². The van der Waals surface area contributed by atoms with Crippen molar-refractivity contribution in [2.24, 2.45) is 0 Å². The van der Waals surface area contributed by atoms with E-state index in [9.17, 15) is 4.79 Å². The number of hydrogen-bond acceptors (Lipinski definition) is 4. The summed E-state index contributed by atoms with van der Waals surface area (Å²) in [5, 5.41) is 3.54. The fourth-order valence-electron chi connectivity index (χ4n) is 2.82. The predicted octanol–water partition coefficient (Wildman–Crippen LogP) is 2.17. The number of carbonyl (C=O) groups excluding carboxylic acids is 1. The smallest absolute Gasteiger partial charge is 0.255 e. The summed E-state index contributed by atoms with van der Waals surface area (Å²) in [5.41, 5.74) is 0.540. The zero-order valence-electron chi connectivity index (χ0n) is 11.4. The second-order valence-corrected chi connectivity index (χ2v) is 5.66. The van der Waals surface area contributed by atoms with Gasteiger partial charge in [0, 0.05) is 25.8 Å². The quantitative estimate of drug-likeness (QED) is 0.928. The van der Waals surface area contributed by atoms with Gasteiger partial charge in [0.25, 0.3) is 5.91 Å². The molecule has 2 aliphatic rings. The van der Waals surface area contributed by atoms with Gasteiger partial charge in [0.15, 0.2) is 0 Å². The van der Waals surface area contributed by atoms with Crippen molar-refractivity contribution in [2.75, 3.05) is 25.0 Å². The number of fused-ring (bicyclic) bond motifs is 2. The van der Waals surface area contributed by atoms with Gasteiger partial charge in [-0.2, -0.15) is 0 Å². The lowest BCUT2D eigenvalue weighted by molar-refractivity contribution is -0.0303. The van der Waals surface area contributed by atoms with Crippen molar-refractivity contribution in [3.63, 3.8) is 0 Å². The molecule has 0 aromatic carbocycles. The van der Waals surface area contributed by atoms with Crippen LogP contribution < -0.4 is 5.32 Å². The molecule has 0 radical (unpaired) electrons. The predicted molar refractivity (Wildman–Crippen MR) is 77.2 cm³/mol. The van der Waals surface area contributed by atoms with Crippen LogP contribution in [-0.2, 0) is 4.74 Å². The molecule has 1 amide bonds. The zero-order valence-corrected chi connectivity index (χ0v) is 12.2. The van der Waals surface area contributed by atoms with E-state index < -0.39 is 0 Å². The van der Waals surface area contributed by atoms with Gasteiger partial charge in [-0.15, -0.1) is 0 Å². The Morgan fingerprint density at radius 3 is 2.80 bits per heavy atom. The number of nitrogens with one attached hydrogen (secondary N) is 1. The highest BCUT2D eigenvalue weighted by atomic mass is 35.5. The van der Waals surface area contributed by atoms with E-state index in [1.54, 1.807) is 12.3 Å². The summed E-state index contributed by atoms with van der Waals surface area (Å²) in [6, 6.07) is 1.69. The summed E-state index contributed by atoms with van der Waals surface area (Å²) in [5.74, 6) is 0.607. The molecule has 5 nitrogen and oxygen atoms in total. The largest absolute Gasteiger partial charge is 0.371 e. The summed E-state index contributed by atoms with van der Waals surface area (Å²) in [7, 11) is 0. The molecule has 20 heavy (non-hydrogen) atoms. The van der Waals surface area contributed by atoms with Crippen LogP contribution in [0.3, 0.4) is 0 Å². The van der Waals surface area contributed by atoms with Gasteiger partial charge in [0.05, 0.1) is 22.8 Å². The molecule has 6 heteroatoms. The standard InChI is InChI=1S/C14H18ClN3O2/c1-2-16-13-12(15)5-9(6-17-13)14(19)18-7-10-3-4-11(8-18)20-10/h5-6,10-11H,2-4,7-8H2,1H3,(H,16,17). The topological polar surface area (TPSA) is 54.5 Å². The minimum Gasteiger partial charge on any atom is -0.371 e. The third kappa shape index (κ3) is 2.60. The zero-order chi connectivity index (χ0) is 14.1. The van der Waals surface area contributed by atoms with Crippen LogP contribution in [0, 0.1) is 0 Å². The monoisotopic (exact) mass is 295 g/mol. The van der Waals surface area contributed by atoms with Crippen molar-refractivity contribution >= 4 is 23.3 Å². The first-order chi connectivity index (χ1) is 9.67. The van der Waals surface area contributed by atoms with Gasteiger partial charge >= 0.3 is 0 Å². The molecule has 0 saturated carbocycles. The summed E-state index contributed by atoms with van der Waals surface area (Å²) >= 11 is 6.14. The first-order valence-electron chi connectivity index (χ1n) is 7.01. The molecule has 1 aromatic rings. The van der Waals surface area contributed by atoms with E-state index in [4.69, 9.17) is 16.3 Å². The van der Waals surface area contributed by atoms with Gasteiger partial charge in [-0.1, -0.05) is 11.6 Å². The number of hydrogen-bond donors (Lipinski definition) is 1. The molecule has 2 saturated heterocycles. The molecule has 1 N–H and O–H groups in total. The SMILES string of the molecule is CCNc1ncc(C(=O)N2CC3CCC(C2)O3)cc1Cl. The maximum atomic E-state index is 12.5. The number of carbonyl (C=O) groups is 1. The lowest BCUT2D eigenvalue weighted by atomic mass is 10.2. The number of anilines is 1. The molecule has 2 aliphatic heterocycles. The Bertz CT molecular complexity index is 511. The van der Waals surface area contributed by atoms with Crippen molar-refractivity contribution in [3.8, 4) is 0 Å². The third-order valence-corrected chi connectivity index (χ3v) is 4.05. The molecular formula is C14H18ClN3O2. The lowest BCUT2D eigenvalue weighted by Gasteiger charge is -2.32. The summed E-state index contributed by atoms with van der Waals surface area (Å²) in [4.78, 5) is 18.6. The molecule has 1 aromatic heterocycles. The average molecular weight is 296 g/mol. The van der Waals surface area contributed by atoms with Crippen LogP contribution in [0.2, 0.25) is 5.02 Å². The van der Waals surface area contributed by atoms with E-state index in [-0.39, 0.29) is 18.1 Å². The van der Waals surface area contributed by atoms with E-state index in [0.717, 1.165) is 19.4 Å². The van der Waals surface area contributed by atoms with Gasteiger partial charge in [0.1, 0.15) is 5.82 Å². The molecule has 0 aliphatic carbocycles. The van der Waals surface area contributed by atoms with E-state index in [1.807, 2.05) is 11.8 Å². The molecule has 2 bridgehead atoms. The van der Waals surface area contributed by atoms with Crippen LogP contribution in [0.4, 0.5) is 5.82 Å². The number of ether oxygens (including phenoxy) is 1. The maximum Gasteiger partial charge on any atom is 0.255 e. The minimum absolute atomic E-state index is 0.0114. The number of pyridine rings is 1. The normalized spacial score (nSPS) is 24.8. The second kappa shape index (κ2) is 5.58. The number of rotatable bonds is 3. The van der Waals surface area contributed by atoms with Crippen molar-refractivity contribution in [1.29, 1.82) is 0 Å². The molecule has 108 valence electrons. The molecule has 3 rings (SSSR count). The Hall–Kier alpha value is -1.33. The number of halogens is 1. The molecule has 0 spiro atoms. The first kappa shape index (κ1) is 13.6. The molecule has 2 atom stereocenters. The Kier molecular flexibility index (Phi) is 3.81. The first-order valence-corrected chi connectivity index (χ1v) is 7.39. The Labute approximate surface area is 123 Å². The fraction of sp³-hybridized carbons (Fsp3) is 0.571.